The SMILES string of the molecule is CCCNC(C)c1cnc(-c2ccc(Cl)cn2)s1. The highest BCUT2D eigenvalue weighted by atomic mass is 35.5. The van der Waals surface area contributed by atoms with Gasteiger partial charge in [0.15, 0.2) is 0 Å². The third kappa shape index (κ3) is 3.28. The van der Waals surface area contributed by atoms with Gasteiger partial charge in [-0.1, -0.05) is 18.5 Å². The summed E-state index contributed by atoms with van der Waals surface area (Å²) in [6.45, 7) is 5.34. The summed E-state index contributed by atoms with van der Waals surface area (Å²) in [5.74, 6) is 0. The van der Waals surface area contributed by atoms with E-state index in [9.17, 15) is 0 Å². The van der Waals surface area contributed by atoms with Crippen LogP contribution in [0, 0.1) is 0 Å². The van der Waals surface area contributed by atoms with E-state index in [0.29, 0.717) is 11.1 Å². The smallest absolute Gasteiger partial charge is 0.142 e. The fraction of sp³-hybridized carbons (Fsp3) is 0.385. The number of halogens is 1. The van der Waals surface area contributed by atoms with Crippen molar-refractivity contribution in [2.75, 3.05) is 6.54 Å². The van der Waals surface area contributed by atoms with E-state index in [1.54, 1.807) is 17.5 Å². The third-order valence-corrected chi connectivity index (χ3v) is 4.02. The molecule has 2 rings (SSSR count). The molecule has 2 aromatic rings. The number of nitrogens with one attached hydrogen (secondary N) is 1. The Hall–Kier alpha value is -0.970. The zero-order chi connectivity index (χ0) is 13.0. The van der Waals surface area contributed by atoms with Crippen molar-refractivity contribution < 1.29 is 0 Å². The van der Waals surface area contributed by atoms with Crippen molar-refractivity contribution in [1.82, 2.24) is 15.3 Å². The fourth-order valence-electron chi connectivity index (χ4n) is 1.57. The Bertz CT molecular complexity index is 495. The number of hydrogen-bond donors (Lipinski definition) is 1. The van der Waals surface area contributed by atoms with Crippen LogP contribution in [-0.4, -0.2) is 16.5 Å². The fourth-order valence-corrected chi connectivity index (χ4v) is 2.60. The van der Waals surface area contributed by atoms with Gasteiger partial charge in [-0.2, -0.15) is 0 Å². The van der Waals surface area contributed by atoms with Gasteiger partial charge in [0.25, 0.3) is 0 Å². The highest BCUT2D eigenvalue weighted by Crippen LogP contribution is 2.27. The van der Waals surface area contributed by atoms with Crippen molar-refractivity contribution in [3.8, 4) is 10.7 Å². The number of aromatic nitrogens is 2. The average molecular weight is 282 g/mol. The Kier molecular flexibility index (Phi) is 4.69. The van der Waals surface area contributed by atoms with E-state index in [4.69, 9.17) is 11.6 Å². The van der Waals surface area contributed by atoms with Crippen LogP contribution in [0.15, 0.2) is 24.5 Å². The summed E-state index contributed by atoms with van der Waals surface area (Å²) >= 11 is 7.49. The molecule has 2 heterocycles. The lowest BCUT2D eigenvalue weighted by Gasteiger charge is -2.09. The van der Waals surface area contributed by atoms with Crippen LogP contribution in [-0.2, 0) is 0 Å². The molecule has 0 aromatic carbocycles. The van der Waals surface area contributed by atoms with Gasteiger partial charge >= 0.3 is 0 Å². The predicted octanol–water partition coefficient (Wildman–Crippen LogP) is 3.92. The monoisotopic (exact) mass is 281 g/mol. The van der Waals surface area contributed by atoms with Crippen LogP contribution in [0.1, 0.15) is 31.2 Å². The second-order valence-electron chi connectivity index (χ2n) is 4.11. The first-order chi connectivity index (χ1) is 8.70. The van der Waals surface area contributed by atoms with Crippen LogP contribution in [0.4, 0.5) is 0 Å². The third-order valence-electron chi connectivity index (χ3n) is 2.60. The molecule has 1 atom stereocenters. The molecule has 0 aliphatic carbocycles. The number of rotatable bonds is 5. The quantitative estimate of drug-likeness (QED) is 0.903. The molecule has 0 amide bonds. The lowest BCUT2D eigenvalue weighted by molar-refractivity contribution is 0.577. The van der Waals surface area contributed by atoms with Crippen LogP contribution in [0.3, 0.4) is 0 Å². The molecule has 0 radical (unpaired) electrons. The van der Waals surface area contributed by atoms with Crippen molar-refractivity contribution >= 4 is 22.9 Å². The largest absolute Gasteiger partial charge is 0.309 e. The summed E-state index contributed by atoms with van der Waals surface area (Å²) in [5, 5.41) is 5.04. The van der Waals surface area contributed by atoms with Crippen LogP contribution < -0.4 is 5.32 Å². The first-order valence-corrected chi connectivity index (χ1v) is 7.21. The predicted molar refractivity (Wildman–Crippen MR) is 77.1 cm³/mol. The van der Waals surface area contributed by atoms with Gasteiger partial charge in [0.05, 0.1) is 10.7 Å². The Morgan fingerprint density at radius 3 is 2.83 bits per heavy atom. The lowest BCUT2D eigenvalue weighted by atomic mass is 10.3. The molecule has 2 aromatic heterocycles. The van der Waals surface area contributed by atoms with Crippen LogP contribution in [0.25, 0.3) is 10.7 Å². The van der Waals surface area contributed by atoms with E-state index in [1.165, 1.54) is 4.88 Å². The zero-order valence-electron chi connectivity index (χ0n) is 10.5. The summed E-state index contributed by atoms with van der Waals surface area (Å²) in [4.78, 5) is 9.93. The molecule has 1 unspecified atom stereocenters. The maximum absolute atomic E-state index is 5.82. The topological polar surface area (TPSA) is 37.8 Å². The van der Waals surface area contributed by atoms with Gasteiger partial charge in [-0.25, -0.2) is 4.98 Å². The maximum Gasteiger partial charge on any atom is 0.142 e. The van der Waals surface area contributed by atoms with E-state index >= 15 is 0 Å². The van der Waals surface area contributed by atoms with E-state index in [1.807, 2.05) is 18.3 Å². The summed E-state index contributed by atoms with van der Waals surface area (Å²) in [5.41, 5.74) is 0.873. The summed E-state index contributed by atoms with van der Waals surface area (Å²) < 4.78 is 0. The second-order valence-corrected chi connectivity index (χ2v) is 5.60. The van der Waals surface area contributed by atoms with Crippen LogP contribution in [0.5, 0.6) is 0 Å². The van der Waals surface area contributed by atoms with Crippen molar-refractivity contribution in [1.29, 1.82) is 0 Å². The molecule has 0 bridgehead atoms. The highest BCUT2D eigenvalue weighted by molar-refractivity contribution is 7.15. The molecule has 3 nitrogen and oxygen atoms in total. The molecule has 0 saturated heterocycles. The van der Waals surface area contributed by atoms with Crippen molar-refractivity contribution in [2.24, 2.45) is 0 Å². The highest BCUT2D eigenvalue weighted by Gasteiger charge is 2.10. The van der Waals surface area contributed by atoms with Crippen molar-refractivity contribution in [3.05, 3.63) is 34.4 Å². The van der Waals surface area contributed by atoms with Crippen LogP contribution >= 0.6 is 22.9 Å². The number of nitrogens with zero attached hydrogens (tertiary/aromatic N) is 2. The zero-order valence-corrected chi connectivity index (χ0v) is 12.1. The maximum atomic E-state index is 5.82. The van der Waals surface area contributed by atoms with E-state index in [0.717, 1.165) is 23.7 Å². The molecule has 1 N–H and O–H groups in total. The van der Waals surface area contributed by atoms with Gasteiger partial charge in [0.2, 0.25) is 0 Å². The number of hydrogen-bond acceptors (Lipinski definition) is 4. The van der Waals surface area contributed by atoms with E-state index in [2.05, 4.69) is 29.1 Å². The minimum absolute atomic E-state index is 0.337. The summed E-state index contributed by atoms with van der Waals surface area (Å²) in [6.07, 6.45) is 4.70. The molecule has 5 heteroatoms. The Morgan fingerprint density at radius 2 is 2.17 bits per heavy atom. The average Bonchev–Trinajstić information content (AvgIpc) is 2.86. The Morgan fingerprint density at radius 1 is 1.33 bits per heavy atom. The van der Waals surface area contributed by atoms with E-state index < -0.39 is 0 Å². The summed E-state index contributed by atoms with van der Waals surface area (Å²) in [6, 6.07) is 4.07. The summed E-state index contributed by atoms with van der Waals surface area (Å²) in [7, 11) is 0. The molecule has 0 spiro atoms. The molecule has 96 valence electrons. The number of thiazole rings is 1. The number of pyridine rings is 1. The minimum Gasteiger partial charge on any atom is -0.309 e. The molecular formula is C13H16ClN3S. The Balaban J connectivity index is 2.12. The van der Waals surface area contributed by atoms with Gasteiger partial charge in [0.1, 0.15) is 5.01 Å². The molecule has 0 aliphatic heterocycles. The molecule has 0 aliphatic rings. The van der Waals surface area contributed by atoms with Crippen molar-refractivity contribution in [3.63, 3.8) is 0 Å². The standard InChI is InChI=1S/C13H16ClN3S/c1-3-6-15-9(2)12-8-17-13(18-12)11-5-4-10(14)7-16-11/h4-5,7-9,15H,3,6H2,1-2H3. The van der Waals surface area contributed by atoms with Crippen molar-refractivity contribution in [2.45, 2.75) is 26.3 Å². The van der Waals surface area contributed by atoms with Gasteiger partial charge in [-0.05, 0) is 32.0 Å². The van der Waals surface area contributed by atoms with Crippen LogP contribution in [0.2, 0.25) is 5.02 Å². The first-order valence-electron chi connectivity index (χ1n) is 6.01. The molecule has 18 heavy (non-hydrogen) atoms. The Labute approximate surface area is 116 Å². The second kappa shape index (κ2) is 6.27. The molecular weight excluding hydrogens is 266 g/mol. The molecule has 0 fully saturated rings. The van der Waals surface area contributed by atoms with Gasteiger partial charge in [-0.3, -0.25) is 4.98 Å². The normalized spacial score (nSPS) is 12.6. The molecule has 0 saturated carbocycles. The van der Waals surface area contributed by atoms with Gasteiger partial charge in [0, 0.05) is 23.3 Å². The minimum atomic E-state index is 0.337. The van der Waals surface area contributed by atoms with Gasteiger partial charge in [-0.15, -0.1) is 11.3 Å². The lowest BCUT2D eigenvalue weighted by Crippen LogP contribution is -2.18. The first kappa shape index (κ1) is 13.5. The van der Waals surface area contributed by atoms with Gasteiger partial charge < -0.3 is 5.32 Å². The van der Waals surface area contributed by atoms with E-state index in [-0.39, 0.29) is 0 Å².